The molecular weight excluding hydrogens is 326 g/mol. The fraction of sp³-hybridized carbons (Fsp3) is 0.333. The van der Waals surface area contributed by atoms with E-state index in [1.807, 2.05) is 74.4 Å². The van der Waals surface area contributed by atoms with Gasteiger partial charge in [-0.25, -0.2) is 0 Å². The molecule has 1 heterocycles. The van der Waals surface area contributed by atoms with Crippen molar-refractivity contribution in [1.29, 1.82) is 0 Å². The number of carbonyl (C=O) groups is 2. The lowest BCUT2D eigenvalue weighted by Crippen LogP contribution is -2.53. The first-order valence-electron chi connectivity index (χ1n) is 8.86. The zero-order valence-corrected chi connectivity index (χ0v) is 15.6. The number of hydrogen-bond acceptors (Lipinski definition) is 3. The van der Waals surface area contributed by atoms with Crippen LogP contribution in [0.3, 0.4) is 0 Å². The van der Waals surface area contributed by atoms with Crippen LogP contribution in [0.25, 0.3) is 0 Å². The zero-order chi connectivity index (χ0) is 18.7. The molecule has 5 heteroatoms. The highest BCUT2D eigenvalue weighted by atomic mass is 16.2. The third-order valence-electron chi connectivity index (χ3n) is 4.79. The number of benzene rings is 2. The van der Waals surface area contributed by atoms with E-state index >= 15 is 0 Å². The van der Waals surface area contributed by atoms with Gasteiger partial charge in [-0.2, -0.15) is 0 Å². The molecule has 0 bridgehead atoms. The Morgan fingerprint density at radius 3 is 2.35 bits per heavy atom. The predicted molar refractivity (Wildman–Crippen MR) is 105 cm³/mol. The minimum absolute atomic E-state index is 0.000358. The van der Waals surface area contributed by atoms with Crippen LogP contribution in [0.1, 0.15) is 11.1 Å². The summed E-state index contributed by atoms with van der Waals surface area (Å²) in [4.78, 5) is 30.6. The molecule has 0 unspecified atom stereocenters. The summed E-state index contributed by atoms with van der Waals surface area (Å²) in [5.41, 5.74) is 4.07. The quantitative estimate of drug-likeness (QED) is 0.850. The average molecular weight is 351 g/mol. The van der Waals surface area contributed by atoms with Crippen molar-refractivity contribution in [2.24, 2.45) is 0 Å². The average Bonchev–Trinajstić information content (AvgIpc) is 2.63. The van der Waals surface area contributed by atoms with Gasteiger partial charge in [0.2, 0.25) is 11.8 Å². The maximum Gasteiger partial charge on any atom is 0.246 e. The Bertz CT molecular complexity index is 799. The van der Waals surface area contributed by atoms with Gasteiger partial charge in [0, 0.05) is 38.6 Å². The van der Waals surface area contributed by atoms with E-state index < -0.39 is 0 Å². The van der Waals surface area contributed by atoms with Gasteiger partial charge < -0.3 is 14.7 Å². The standard InChI is InChI=1S/C21H25N3O2/c1-16-6-4-5-7-19(16)24-13-12-23(15-21(24)26)20(25)14-17-8-10-18(11-9-17)22(2)3/h4-11H,12-15H2,1-3H3. The minimum Gasteiger partial charge on any atom is -0.378 e. The molecule has 1 aliphatic rings. The van der Waals surface area contributed by atoms with Crippen molar-refractivity contribution in [2.45, 2.75) is 13.3 Å². The second-order valence-corrected chi connectivity index (χ2v) is 6.88. The number of carbonyl (C=O) groups excluding carboxylic acids is 2. The van der Waals surface area contributed by atoms with E-state index in [2.05, 4.69) is 0 Å². The van der Waals surface area contributed by atoms with E-state index in [1.165, 1.54) is 0 Å². The Kier molecular flexibility index (Phi) is 5.26. The van der Waals surface area contributed by atoms with Gasteiger partial charge >= 0.3 is 0 Å². The molecule has 5 nitrogen and oxygen atoms in total. The summed E-state index contributed by atoms with van der Waals surface area (Å²) in [6, 6.07) is 15.8. The maximum absolute atomic E-state index is 12.6. The zero-order valence-electron chi connectivity index (χ0n) is 15.6. The Hall–Kier alpha value is -2.82. The van der Waals surface area contributed by atoms with Crippen molar-refractivity contribution in [1.82, 2.24) is 4.90 Å². The molecule has 0 aromatic heterocycles. The molecule has 0 atom stereocenters. The minimum atomic E-state index is -0.0261. The lowest BCUT2D eigenvalue weighted by atomic mass is 10.1. The van der Waals surface area contributed by atoms with Crippen LogP contribution in [0.15, 0.2) is 48.5 Å². The fourth-order valence-electron chi connectivity index (χ4n) is 3.21. The van der Waals surface area contributed by atoms with E-state index in [-0.39, 0.29) is 18.4 Å². The van der Waals surface area contributed by atoms with E-state index in [9.17, 15) is 9.59 Å². The number of nitrogens with zero attached hydrogens (tertiary/aromatic N) is 3. The third kappa shape index (κ3) is 3.87. The molecule has 2 aromatic carbocycles. The monoisotopic (exact) mass is 351 g/mol. The largest absolute Gasteiger partial charge is 0.378 e. The highest BCUT2D eigenvalue weighted by molar-refractivity contribution is 5.98. The number of para-hydroxylation sites is 1. The second kappa shape index (κ2) is 7.60. The molecular formula is C21H25N3O2. The first kappa shape index (κ1) is 18.0. The molecule has 1 aliphatic heterocycles. The van der Waals surface area contributed by atoms with Gasteiger partial charge in [-0.3, -0.25) is 9.59 Å². The van der Waals surface area contributed by atoms with Crippen LogP contribution in [0, 0.1) is 6.92 Å². The normalized spacial score (nSPS) is 14.5. The Morgan fingerprint density at radius 2 is 1.73 bits per heavy atom. The van der Waals surface area contributed by atoms with Crippen molar-refractivity contribution in [3.63, 3.8) is 0 Å². The maximum atomic E-state index is 12.6. The highest BCUT2D eigenvalue weighted by Crippen LogP contribution is 2.22. The van der Waals surface area contributed by atoms with Gasteiger partial charge in [-0.15, -0.1) is 0 Å². The van der Waals surface area contributed by atoms with E-state index in [0.717, 1.165) is 22.5 Å². The highest BCUT2D eigenvalue weighted by Gasteiger charge is 2.28. The van der Waals surface area contributed by atoms with Crippen LogP contribution >= 0.6 is 0 Å². The first-order valence-corrected chi connectivity index (χ1v) is 8.86. The SMILES string of the molecule is Cc1ccccc1N1CCN(C(=O)Cc2ccc(N(C)C)cc2)CC1=O. The summed E-state index contributed by atoms with van der Waals surface area (Å²) in [5.74, 6) is -0.0257. The van der Waals surface area contributed by atoms with Crippen LogP contribution in [0.4, 0.5) is 11.4 Å². The molecule has 2 amide bonds. The van der Waals surface area contributed by atoms with Crippen LogP contribution < -0.4 is 9.80 Å². The van der Waals surface area contributed by atoms with Crippen molar-refractivity contribution in [2.75, 3.05) is 43.5 Å². The van der Waals surface area contributed by atoms with Gasteiger partial charge in [0.25, 0.3) is 0 Å². The Morgan fingerprint density at radius 1 is 1.04 bits per heavy atom. The first-order chi connectivity index (χ1) is 12.5. The fourth-order valence-corrected chi connectivity index (χ4v) is 3.21. The summed E-state index contributed by atoms with van der Waals surface area (Å²) >= 11 is 0. The molecule has 2 aromatic rings. The number of amides is 2. The molecule has 0 saturated carbocycles. The van der Waals surface area contributed by atoms with Gasteiger partial charge in [0.05, 0.1) is 6.42 Å². The molecule has 0 spiro atoms. The van der Waals surface area contributed by atoms with Crippen LogP contribution in [0.2, 0.25) is 0 Å². The summed E-state index contributed by atoms with van der Waals surface area (Å²) in [5, 5.41) is 0. The lowest BCUT2D eigenvalue weighted by molar-refractivity contribution is -0.136. The molecule has 3 rings (SSSR count). The Labute approximate surface area is 154 Å². The smallest absolute Gasteiger partial charge is 0.246 e. The van der Waals surface area contributed by atoms with Crippen molar-refractivity contribution in [3.8, 4) is 0 Å². The van der Waals surface area contributed by atoms with Gasteiger partial charge in [0.15, 0.2) is 0 Å². The second-order valence-electron chi connectivity index (χ2n) is 6.88. The van der Waals surface area contributed by atoms with Crippen LogP contribution in [-0.4, -0.2) is 50.4 Å². The predicted octanol–water partition coefficient (Wildman–Crippen LogP) is 2.48. The summed E-state index contributed by atoms with van der Waals surface area (Å²) in [6.07, 6.45) is 0.325. The van der Waals surface area contributed by atoms with E-state index in [1.54, 1.807) is 9.80 Å². The van der Waals surface area contributed by atoms with Gasteiger partial charge in [-0.1, -0.05) is 30.3 Å². The van der Waals surface area contributed by atoms with E-state index in [4.69, 9.17) is 0 Å². The molecule has 0 radical (unpaired) electrons. The summed E-state index contributed by atoms with van der Waals surface area (Å²) in [6.45, 7) is 3.24. The van der Waals surface area contributed by atoms with Crippen LogP contribution in [0.5, 0.6) is 0 Å². The topological polar surface area (TPSA) is 43.9 Å². The number of anilines is 2. The summed E-state index contributed by atoms with van der Waals surface area (Å²) < 4.78 is 0. The number of aryl methyl sites for hydroxylation is 1. The van der Waals surface area contributed by atoms with Gasteiger partial charge in [-0.05, 0) is 36.2 Å². The molecule has 136 valence electrons. The third-order valence-corrected chi connectivity index (χ3v) is 4.79. The molecule has 1 saturated heterocycles. The van der Waals surface area contributed by atoms with E-state index in [0.29, 0.717) is 19.5 Å². The molecule has 0 N–H and O–H groups in total. The Balaban J connectivity index is 1.62. The number of rotatable bonds is 4. The van der Waals surface area contributed by atoms with Crippen molar-refractivity contribution in [3.05, 3.63) is 59.7 Å². The van der Waals surface area contributed by atoms with Gasteiger partial charge in [0.1, 0.15) is 6.54 Å². The number of piperazine rings is 1. The summed E-state index contributed by atoms with van der Waals surface area (Å²) in [7, 11) is 3.97. The lowest BCUT2D eigenvalue weighted by Gasteiger charge is -2.35. The van der Waals surface area contributed by atoms with Crippen molar-refractivity contribution >= 4 is 23.2 Å². The van der Waals surface area contributed by atoms with Crippen molar-refractivity contribution < 1.29 is 9.59 Å². The molecule has 26 heavy (non-hydrogen) atoms. The van der Waals surface area contributed by atoms with Crippen LogP contribution in [-0.2, 0) is 16.0 Å². The molecule has 0 aliphatic carbocycles. The number of hydrogen-bond donors (Lipinski definition) is 0. The molecule has 1 fully saturated rings.